The van der Waals surface area contributed by atoms with Crippen LogP contribution in [0.2, 0.25) is 0 Å². The fraction of sp³-hybridized carbons (Fsp3) is 0.375. The lowest BCUT2D eigenvalue weighted by Crippen LogP contribution is -2.15. The highest BCUT2D eigenvalue weighted by molar-refractivity contribution is 5.97. The predicted molar refractivity (Wildman–Crippen MR) is 117 cm³/mol. The molecule has 2 aromatic carbocycles. The number of nitrogens with zero attached hydrogens (tertiary/aromatic N) is 3. The van der Waals surface area contributed by atoms with E-state index in [0.29, 0.717) is 35.1 Å². The first-order valence-electron chi connectivity index (χ1n) is 10.8. The van der Waals surface area contributed by atoms with Gasteiger partial charge in [0.15, 0.2) is 17.3 Å². The molecule has 1 aromatic heterocycles. The molecular formula is C24H27N3O4. The van der Waals surface area contributed by atoms with E-state index in [1.165, 1.54) is 29.5 Å². The average Bonchev–Trinajstić information content (AvgIpc) is 3.43. The van der Waals surface area contributed by atoms with Crippen LogP contribution >= 0.6 is 0 Å². The van der Waals surface area contributed by atoms with Gasteiger partial charge in [-0.2, -0.15) is 9.67 Å². The summed E-state index contributed by atoms with van der Waals surface area (Å²) in [5, 5.41) is 4.30. The van der Waals surface area contributed by atoms with Crippen LogP contribution in [0, 0.1) is 0 Å². The van der Waals surface area contributed by atoms with E-state index in [-0.39, 0.29) is 18.7 Å². The summed E-state index contributed by atoms with van der Waals surface area (Å²) < 4.78 is 17.6. The van der Waals surface area contributed by atoms with E-state index in [9.17, 15) is 4.79 Å². The zero-order valence-corrected chi connectivity index (χ0v) is 18.0. The Labute approximate surface area is 182 Å². The largest absolute Gasteiger partial charge is 0.463 e. The lowest BCUT2D eigenvalue weighted by Gasteiger charge is -2.07. The predicted octanol–water partition coefficient (Wildman–Crippen LogP) is 4.88. The molecule has 1 aliphatic heterocycles. The molecule has 7 nitrogen and oxygen atoms in total. The van der Waals surface area contributed by atoms with Gasteiger partial charge >= 0.3 is 6.01 Å². The first-order valence-corrected chi connectivity index (χ1v) is 10.8. The number of carbonyl (C=O) groups is 1. The van der Waals surface area contributed by atoms with Crippen molar-refractivity contribution < 1.29 is 19.0 Å². The van der Waals surface area contributed by atoms with Crippen LogP contribution in [0.5, 0.6) is 17.5 Å². The highest BCUT2D eigenvalue weighted by Gasteiger charge is 2.22. The van der Waals surface area contributed by atoms with Crippen LogP contribution in [-0.4, -0.2) is 34.1 Å². The Kier molecular flexibility index (Phi) is 6.50. The van der Waals surface area contributed by atoms with Crippen LogP contribution in [0.4, 0.5) is 0 Å². The maximum atomic E-state index is 13.3. The third-order valence-electron chi connectivity index (χ3n) is 5.20. The van der Waals surface area contributed by atoms with E-state index < -0.39 is 0 Å². The summed E-state index contributed by atoms with van der Waals surface area (Å²) in [5.74, 6) is 1.42. The number of fused-ring (bicyclic) bond motifs is 1. The molecule has 0 radical (unpaired) electrons. The molecule has 7 heteroatoms. The van der Waals surface area contributed by atoms with Gasteiger partial charge in [0.1, 0.15) is 0 Å². The average molecular weight is 421 g/mol. The van der Waals surface area contributed by atoms with E-state index in [1.54, 1.807) is 12.1 Å². The van der Waals surface area contributed by atoms with Gasteiger partial charge in [-0.3, -0.25) is 4.79 Å². The van der Waals surface area contributed by atoms with Crippen LogP contribution in [0.3, 0.4) is 0 Å². The molecular weight excluding hydrogens is 394 g/mol. The second-order valence-corrected chi connectivity index (χ2v) is 7.44. The number of rotatable bonds is 9. The minimum absolute atomic E-state index is 0.163. The normalized spacial score (nSPS) is 12.2. The SMILES string of the molecule is CCCCCCc1ccc(C(=O)n2nc(OCC)nc2-c2ccc3c(c2)OCO3)cc1. The first kappa shape index (κ1) is 20.9. The topological polar surface area (TPSA) is 75.5 Å². The molecule has 4 rings (SSSR count). The number of aryl methyl sites for hydroxylation is 1. The van der Waals surface area contributed by atoms with Crippen molar-refractivity contribution in [1.82, 2.24) is 14.8 Å². The molecule has 0 bridgehead atoms. The molecule has 0 spiro atoms. The maximum absolute atomic E-state index is 13.3. The van der Waals surface area contributed by atoms with Gasteiger partial charge in [0.05, 0.1) is 6.61 Å². The number of unbranched alkanes of at least 4 members (excludes halogenated alkanes) is 3. The zero-order chi connectivity index (χ0) is 21.6. The van der Waals surface area contributed by atoms with Crippen molar-refractivity contribution in [1.29, 1.82) is 0 Å². The number of benzene rings is 2. The number of aromatic nitrogens is 3. The molecule has 0 atom stereocenters. The number of hydrogen-bond donors (Lipinski definition) is 0. The Morgan fingerprint density at radius 2 is 1.84 bits per heavy atom. The summed E-state index contributed by atoms with van der Waals surface area (Å²) >= 11 is 0. The van der Waals surface area contributed by atoms with Gasteiger partial charge in [0.25, 0.3) is 5.91 Å². The standard InChI is InChI=1S/C24H27N3O4/c1-3-5-6-7-8-17-9-11-18(12-10-17)23(28)27-22(25-24(26-27)29-4-2)19-13-14-20-21(15-19)31-16-30-20/h9-15H,3-8,16H2,1-2H3. The summed E-state index contributed by atoms with van der Waals surface area (Å²) in [5.41, 5.74) is 2.48. The summed E-state index contributed by atoms with van der Waals surface area (Å²) in [6.45, 7) is 4.65. The fourth-order valence-corrected chi connectivity index (χ4v) is 3.54. The second-order valence-electron chi connectivity index (χ2n) is 7.44. The third-order valence-corrected chi connectivity index (χ3v) is 5.20. The minimum atomic E-state index is -0.261. The highest BCUT2D eigenvalue weighted by Crippen LogP contribution is 2.36. The Bertz CT molecular complexity index is 1040. The summed E-state index contributed by atoms with van der Waals surface area (Å²) in [6.07, 6.45) is 5.90. The number of hydrogen-bond acceptors (Lipinski definition) is 6. The molecule has 0 saturated heterocycles. The van der Waals surface area contributed by atoms with Crippen LogP contribution in [0.1, 0.15) is 55.5 Å². The molecule has 3 aromatic rings. The van der Waals surface area contributed by atoms with Gasteiger partial charge in [-0.05, 0) is 55.7 Å². The van der Waals surface area contributed by atoms with Crippen molar-refractivity contribution in [2.24, 2.45) is 0 Å². The summed E-state index contributed by atoms with van der Waals surface area (Å²) in [4.78, 5) is 17.7. The first-order chi connectivity index (χ1) is 15.2. The second kappa shape index (κ2) is 9.64. The van der Waals surface area contributed by atoms with Gasteiger partial charge in [0, 0.05) is 11.1 Å². The molecule has 0 N–H and O–H groups in total. The lowest BCUT2D eigenvalue weighted by molar-refractivity contribution is 0.0944. The molecule has 162 valence electrons. The van der Waals surface area contributed by atoms with Crippen molar-refractivity contribution in [3.05, 3.63) is 53.6 Å². The van der Waals surface area contributed by atoms with E-state index in [2.05, 4.69) is 17.0 Å². The Morgan fingerprint density at radius 3 is 2.61 bits per heavy atom. The van der Waals surface area contributed by atoms with E-state index in [1.807, 2.05) is 37.3 Å². The molecule has 2 heterocycles. The number of ether oxygens (including phenoxy) is 3. The van der Waals surface area contributed by atoms with Gasteiger partial charge < -0.3 is 14.2 Å². The Balaban J connectivity index is 1.59. The van der Waals surface area contributed by atoms with Crippen molar-refractivity contribution in [3.63, 3.8) is 0 Å². The van der Waals surface area contributed by atoms with E-state index >= 15 is 0 Å². The molecule has 0 saturated carbocycles. The Morgan fingerprint density at radius 1 is 1.03 bits per heavy atom. The minimum Gasteiger partial charge on any atom is -0.463 e. The fourth-order valence-electron chi connectivity index (χ4n) is 3.54. The molecule has 0 amide bonds. The van der Waals surface area contributed by atoms with Crippen LogP contribution in [0.25, 0.3) is 11.4 Å². The molecule has 31 heavy (non-hydrogen) atoms. The zero-order valence-electron chi connectivity index (χ0n) is 18.0. The van der Waals surface area contributed by atoms with Crippen molar-refractivity contribution in [2.75, 3.05) is 13.4 Å². The van der Waals surface area contributed by atoms with Crippen molar-refractivity contribution in [2.45, 2.75) is 46.0 Å². The van der Waals surface area contributed by atoms with Crippen LogP contribution in [-0.2, 0) is 6.42 Å². The quantitative estimate of drug-likeness (QED) is 0.458. The maximum Gasteiger partial charge on any atom is 0.336 e. The van der Waals surface area contributed by atoms with E-state index in [4.69, 9.17) is 14.2 Å². The van der Waals surface area contributed by atoms with Crippen molar-refractivity contribution >= 4 is 5.91 Å². The van der Waals surface area contributed by atoms with Gasteiger partial charge in [-0.1, -0.05) is 38.3 Å². The van der Waals surface area contributed by atoms with Gasteiger partial charge in [-0.25, -0.2) is 0 Å². The van der Waals surface area contributed by atoms with E-state index in [0.717, 1.165) is 12.8 Å². The molecule has 0 unspecified atom stereocenters. The summed E-state index contributed by atoms with van der Waals surface area (Å²) in [7, 11) is 0. The molecule has 1 aliphatic rings. The molecule has 0 fully saturated rings. The summed E-state index contributed by atoms with van der Waals surface area (Å²) in [6, 6.07) is 13.3. The van der Waals surface area contributed by atoms with Crippen LogP contribution < -0.4 is 14.2 Å². The van der Waals surface area contributed by atoms with Crippen molar-refractivity contribution in [3.8, 4) is 28.9 Å². The lowest BCUT2D eigenvalue weighted by atomic mass is 10.0. The molecule has 0 aliphatic carbocycles. The highest BCUT2D eigenvalue weighted by atomic mass is 16.7. The smallest absolute Gasteiger partial charge is 0.336 e. The Hall–Kier alpha value is -3.35. The van der Waals surface area contributed by atoms with Gasteiger partial charge in [-0.15, -0.1) is 5.10 Å². The monoisotopic (exact) mass is 421 g/mol. The number of carbonyl (C=O) groups excluding carboxylic acids is 1. The third kappa shape index (κ3) is 4.71. The van der Waals surface area contributed by atoms with Gasteiger partial charge in [0.2, 0.25) is 6.79 Å². The van der Waals surface area contributed by atoms with Crippen LogP contribution in [0.15, 0.2) is 42.5 Å².